The lowest BCUT2D eigenvalue weighted by atomic mass is 10.2. The van der Waals surface area contributed by atoms with Crippen LogP contribution in [0.25, 0.3) is 0 Å². The molecule has 0 amide bonds. The van der Waals surface area contributed by atoms with E-state index in [1.165, 1.54) is 12.8 Å². The van der Waals surface area contributed by atoms with E-state index in [4.69, 9.17) is 10.5 Å². The van der Waals surface area contributed by atoms with Gasteiger partial charge >= 0.3 is 0 Å². The third kappa shape index (κ3) is 2.17. The standard InChI is InChI=1S/C14H20N4O/c15-10-12-9-13(16)14(17-5-7-19-8-6-17)18(12)11-3-1-2-4-11/h9,11H,1-8,16H2. The summed E-state index contributed by atoms with van der Waals surface area (Å²) in [6, 6.07) is 4.56. The van der Waals surface area contributed by atoms with Crippen LogP contribution in [0, 0.1) is 11.3 Å². The van der Waals surface area contributed by atoms with Gasteiger partial charge in [0.1, 0.15) is 17.6 Å². The number of anilines is 2. The molecule has 102 valence electrons. The van der Waals surface area contributed by atoms with E-state index >= 15 is 0 Å². The zero-order valence-corrected chi connectivity index (χ0v) is 11.1. The molecule has 1 saturated heterocycles. The van der Waals surface area contributed by atoms with Crippen molar-refractivity contribution in [3.05, 3.63) is 11.8 Å². The fraction of sp³-hybridized carbons (Fsp3) is 0.643. The third-order valence-corrected chi connectivity index (χ3v) is 4.15. The predicted molar refractivity (Wildman–Crippen MR) is 74.1 cm³/mol. The van der Waals surface area contributed by atoms with Crippen LogP contribution in [0.15, 0.2) is 6.07 Å². The van der Waals surface area contributed by atoms with Crippen LogP contribution >= 0.6 is 0 Å². The summed E-state index contributed by atoms with van der Waals surface area (Å²) in [5.74, 6) is 1.03. The first-order valence-corrected chi connectivity index (χ1v) is 7.04. The van der Waals surface area contributed by atoms with E-state index in [0.29, 0.717) is 11.7 Å². The number of aromatic nitrogens is 1. The third-order valence-electron chi connectivity index (χ3n) is 4.15. The molecule has 0 spiro atoms. The Balaban J connectivity index is 2.01. The first-order valence-electron chi connectivity index (χ1n) is 7.04. The van der Waals surface area contributed by atoms with Crippen LogP contribution in [0.1, 0.15) is 37.4 Å². The molecular weight excluding hydrogens is 240 g/mol. The summed E-state index contributed by atoms with van der Waals surface area (Å²) < 4.78 is 7.58. The topological polar surface area (TPSA) is 67.2 Å². The minimum Gasteiger partial charge on any atom is -0.396 e. The van der Waals surface area contributed by atoms with E-state index in [9.17, 15) is 5.26 Å². The number of nitriles is 1. The van der Waals surface area contributed by atoms with Gasteiger partial charge in [0.2, 0.25) is 0 Å². The molecule has 0 atom stereocenters. The van der Waals surface area contributed by atoms with Crippen LogP contribution in [0.4, 0.5) is 11.5 Å². The second kappa shape index (κ2) is 5.14. The van der Waals surface area contributed by atoms with Gasteiger partial charge in [-0.15, -0.1) is 0 Å². The maximum atomic E-state index is 9.35. The number of nitrogen functional groups attached to an aromatic ring is 1. The van der Waals surface area contributed by atoms with Crippen molar-refractivity contribution in [2.75, 3.05) is 36.9 Å². The summed E-state index contributed by atoms with van der Waals surface area (Å²) in [5, 5.41) is 9.35. The number of nitrogens with two attached hydrogens (primary N) is 1. The van der Waals surface area contributed by atoms with Crippen molar-refractivity contribution in [2.24, 2.45) is 0 Å². The second-order valence-electron chi connectivity index (χ2n) is 5.33. The maximum absolute atomic E-state index is 9.35. The summed E-state index contributed by atoms with van der Waals surface area (Å²) >= 11 is 0. The smallest absolute Gasteiger partial charge is 0.133 e. The summed E-state index contributed by atoms with van der Waals surface area (Å²) in [4.78, 5) is 2.26. The Kier molecular flexibility index (Phi) is 3.34. The lowest BCUT2D eigenvalue weighted by Gasteiger charge is -2.32. The number of hydrogen-bond donors (Lipinski definition) is 1. The molecule has 2 N–H and O–H groups in total. The number of ether oxygens (including phenoxy) is 1. The highest BCUT2D eigenvalue weighted by Crippen LogP contribution is 2.38. The van der Waals surface area contributed by atoms with Crippen molar-refractivity contribution >= 4 is 11.5 Å². The molecule has 2 fully saturated rings. The Labute approximate surface area is 113 Å². The number of nitrogens with zero attached hydrogens (tertiary/aromatic N) is 3. The zero-order chi connectivity index (χ0) is 13.2. The van der Waals surface area contributed by atoms with Gasteiger partial charge in [-0.3, -0.25) is 0 Å². The van der Waals surface area contributed by atoms with Gasteiger partial charge in [0.05, 0.1) is 18.9 Å². The molecule has 1 aliphatic heterocycles. The van der Waals surface area contributed by atoms with E-state index in [2.05, 4.69) is 15.5 Å². The molecule has 2 heterocycles. The Bertz CT molecular complexity index is 490. The van der Waals surface area contributed by atoms with Crippen molar-refractivity contribution in [2.45, 2.75) is 31.7 Å². The van der Waals surface area contributed by atoms with Gasteiger partial charge in [-0.05, 0) is 18.9 Å². The van der Waals surface area contributed by atoms with Crippen molar-refractivity contribution < 1.29 is 4.74 Å². The number of morpholine rings is 1. The van der Waals surface area contributed by atoms with Crippen LogP contribution in [0.3, 0.4) is 0 Å². The van der Waals surface area contributed by atoms with E-state index in [0.717, 1.165) is 50.7 Å². The first kappa shape index (κ1) is 12.4. The number of rotatable bonds is 2. The predicted octanol–water partition coefficient (Wildman–Crippen LogP) is 1.89. The van der Waals surface area contributed by atoms with Crippen LogP contribution in [-0.4, -0.2) is 30.9 Å². The molecule has 0 bridgehead atoms. The molecule has 0 aromatic carbocycles. The second-order valence-corrected chi connectivity index (χ2v) is 5.33. The molecule has 1 saturated carbocycles. The van der Waals surface area contributed by atoms with Gasteiger partial charge < -0.3 is 19.9 Å². The average Bonchev–Trinajstić information content (AvgIpc) is 3.06. The van der Waals surface area contributed by atoms with Crippen LogP contribution < -0.4 is 10.6 Å². The van der Waals surface area contributed by atoms with Crippen molar-refractivity contribution in [1.82, 2.24) is 4.57 Å². The van der Waals surface area contributed by atoms with Crippen molar-refractivity contribution in [3.8, 4) is 6.07 Å². The Hall–Kier alpha value is -1.67. The average molecular weight is 260 g/mol. The van der Waals surface area contributed by atoms with Crippen LogP contribution in [-0.2, 0) is 4.74 Å². The molecule has 19 heavy (non-hydrogen) atoms. The maximum Gasteiger partial charge on any atom is 0.133 e. The zero-order valence-electron chi connectivity index (χ0n) is 11.1. The molecule has 5 nitrogen and oxygen atoms in total. The highest BCUT2D eigenvalue weighted by molar-refractivity contribution is 5.68. The molecule has 1 aromatic heterocycles. The fourth-order valence-electron chi connectivity index (χ4n) is 3.26. The summed E-state index contributed by atoms with van der Waals surface area (Å²) in [6.07, 6.45) is 4.80. The minimum absolute atomic E-state index is 0.435. The largest absolute Gasteiger partial charge is 0.396 e. The summed E-state index contributed by atoms with van der Waals surface area (Å²) in [6.45, 7) is 3.17. The van der Waals surface area contributed by atoms with E-state index in [-0.39, 0.29) is 0 Å². The Morgan fingerprint density at radius 2 is 1.95 bits per heavy atom. The van der Waals surface area contributed by atoms with Crippen LogP contribution in [0.5, 0.6) is 0 Å². The molecular formula is C14H20N4O. The lowest BCUT2D eigenvalue weighted by Crippen LogP contribution is -2.38. The fourth-order valence-corrected chi connectivity index (χ4v) is 3.26. The van der Waals surface area contributed by atoms with Gasteiger partial charge in [0, 0.05) is 19.1 Å². The molecule has 2 aliphatic rings. The molecule has 0 unspecified atom stereocenters. The lowest BCUT2D eigenvalue weighted by molar-refractivity contribution is 0.122. The van der Waals surface area contributed by atoms with Gasteiger partial charge in [-0.2, -0.15) is 5.26 Å². The quantitative estimate of drug-likeness (QED) is 0.881. The minimum atomic E-state index is 0.435. The van der Waals surface area contributed by atoms with E-state index in [1.54, 1.807) is 0 Å². The Morgan fingerprint density at radius 1 is 1.26 bits per heavy atom. The molecule has 0 radical (unpaired) electrons. The van der Waals surface area contributed by atoms with Gasteiger partial charge in [0.15, 0.2) is 0 Å². The van der Waals surface area contributed by atoms with Crippen molar-refractivity contribution in [3.63, 3.8) is 0 Å². The first-order chi connectivity index (χ1) is 9.31. The Morgan fingerprint density at radius 3 is 2.58 bits per heavy atom. The molecule has 1 aliphatic carbocycles. The van der Waals surface area contributed by atoms with Gasteiger partial charge in [0.25, 0.3) is 0 Å². The van der Waals surface area contributed by atoms with Gasteiger partial charge in [-0.25, -0.2) is 0 Å². The summed E-state index contributed by atoms with van der Waals surface area (Å²) in [5.41, 5.74) is 7.59. The monoisotopic (exact) mass is 260 g/mol. The number of hydrogen-bond acceptors (Lipinski definition) is 4. The van der Waals surface area contributed by atoms with E-state index in [1.807, 2.05) is 6.07 Å². The molecule has 1 aromatic rings. The highest BCUT2D eigenvalue weighted by atomic mass is 16.5. The van der Waals surface area contributed by atoms with Crippen molar-refractivity contribution in [1.29, 1.82) is 5.26 Å². The molecule has 5 heteroatoms. The molecule has 3 rings (SSSR count). The van der Waals surface area contributed by atoms with Crippen LogP contribution in [0.2, 0.25) is 0 Å². The normalized spacial score (nSPS) is 20.7. The highest BCUT2D eigenvalue weighted by Gasteiger charge is 2.27. The SMILES string of the molecule is N#Cc1cc(N)c(N2CCOCC2)n1C1CCCC1. The van der Waals surface area contributed by atoms with E-state index < -0.39 is 0 Å². The summed E-state index contributed by atoms with van der Waals surface area (Å²) in [7, 11) is 0. The van der Waals surface area contributed by atoms with Gasteiger partial charge in [-0.1, -0.05) is 12.8 Å².